The minimum absolute atomic E-state index is 0.0554. The Kier molecular flexibility index (Phi) is 6.36. The molecule has 2 atom stereocenters. The van der Waals surface area contributed by atoms with Gasteiger partial charge in [-0.15, -0.1) is 0 Å². The van der Waals surface area contributed by atoms with E-state index >= 15 is 0 Å². The van der Waals surface area contributed by atoms with E-state index in [0.29, 0.717) is 6.42 Å². The summed E-state index contributed by atoms with van der Waals surface area (Å²) in [6, 6.07) is 5.35. The van der Waals surface area contributed by atoms with Crippen LogP contribution in [0.4, 0.5) is 10.1 Å². The number of hydrogen-bond acceptors (Lipinski definition) is 8. The SMILES string of the molecule is CCC(C)C(N)C(=O)Oc1ccccc1C(=O)Nc1ncc([N+](=O)[O-])s1. The van der Waals surface area contributed by atoms with Crippen molar-refractivity contribution >= 4 is 33.3 Å². The van der Waals surface area contributed by atoms with Crippen molar-refractivity contribution in [3.8, 4) is 5.75 Å². The second-order valence-corrected chi connectivity index (χ2v) is 6.55. The molecular formula is C16H18N4O5S. The highest BCUT2D eigenvalue weighted by Crippen LogP contribution is 2.27. The molecule has 0 aliphatic carbocycles. The van der Waals surface area contributed by atoms with E-state index in [2.05, 4.69) is 10.3 Å². The predicted molar refractivity (Wildman–Crippen MR) is 96.2 cm³/mol. The minimum Gasteiger partial charge on any atom is -0.425 e. The summed E-state index contributed by atoms with van der Waals surface area (Å²) in [7, 11) is 0. The summed E-state index contributed by atoms with van der Waals surface area (Å²) in [6.07, 6.45) is 1.76. The van der Waals surface area contributed by atoms with Gasteiger partial charge >= 0.3 is 11.0 Å². The van der Waals surface area contributed by atoms with E-state index in [4.69, 9.17) is 10.5 Å². The van der Waals surface area contributed by atoms with E-state index < -0.39 is 22.8 Å². The van der Waals surface area contributed by atoms with E-state index in [1.807, 2.05) is 13.8 Å². The number of nitrogens with two attached hydrogens (primary N) is 1. The first kappa shape index (κ1) is 19.5. The maximum absolute atomic E-state index is 12.4. The largest absolute Gasteiger partial charge is 0.425 e. The molecular weight excluding hydrogens is 360 g/mol. The van der Waals surface area contributed by atoms with Crippen molar-refractivity contribution in [2.24, 2.45) is 11.7 Å². The summed E-state index contributed by atoms with van der Waals surface area (Å²) in [6.45, 7) is 3.74. The molecule has 0 radical (unpaired) electrons. The summed E-state index contributed by atoms with van der Waals surface area (Å²) < 4.78 is 5.28. The van der Waals surface area contributed by atoms with Crippen molar-refractivity contribution in [1.29, 1.82) is 0 Å². The first-order valence-electron chi connectivity index (χ1n) is 7.81. The summed E-state index contributed by atoms with van der Waals surface area (Å²) >= 11 is 0.726. The minimum atomic E-state index is -0.808. The molecule has 0 spiro atoms. The lowest BCUT2D eigenvalue weighted by Gasteiger charge is -2.17. The molecule has 10 heteroatoms. The third-order valence-corrected chi connectivity index (χ3v) is 4.63. The van der Waals surface area contributed by atoms with E-state index in [1.54, 1.807) is 12.1 Å². The zero-order valence-corrected chi connectivity index (χ0v) is 15.0. The van der Waals surface area contributed by atoms with Crippen molar-refractivity contribution in [1.82, 2.24) is 4.98 Å². The van der Waals surface area contributed by atoms with Crippen LogP contribution in [0.2, 0.25) is 0 Å². The van der Waals surface area contributed by atoms with Gasteiger partial charge in [0.15, 0.2) is 5.13 Å². The number of hydrogen-bond donors (Lipinski definition) is 2. The standard InChI is InChI=1S/C16H18N4O5S/c1-3-9(2)13(17)15(22)25-11-7-5-4-6-10(11)14(21)19-16-18-8-12(26-16)20(23)24/h4-9,13H,3,17H2,1-2H3,(H,18,19,21). The van der Waals surface area contributed by atoms with Gasteiger partial charge in [-0.25, -0.2) is 9.78 Å². The topological polar surface area (TPSA) is 137 Å². The fraction of sp³-hybridized carbons (Fsp3) is 0.312. The molecule has 2 aromatic rings. The van der Waals surface area contributed by atoms with Gasteiger partial charge in [0.2, 0.25) is 0 Å². The molecule has 0 saturated heterocycles. The Bertz CT molecular complexity index is 822. The van der Waals surface area contributed by atoms with Crippen LogP contribution in [0.1, 0.15) is 30.6 Å². The Morgan fingerprint density at radius 2 is 2.12 bits per heavy atom. The molecule has 138 valence electrons. The third-order valence-electron chi connectivity index (χ3n) is 3.77. The van der Waals surface area contributed by atoms with Crippen LogP contribution in [0.15, 0.2) is 30.5 Å². The third kappa shape index (κ3) is 4.61. The number of ether oxygens (including phenoxy) is 1. The van der Waals surface area contributed by atoms with Crippen LogP contribution in [0, 0.1) is 16.0 Å². The van der Waals surface area contributed by atoms with Crippen molar-refractivity contribution in [2.75, 3.05) is 5.32 Å². The van der Waals surface area contributed by atoms with E-state index in [0.717, 1.165) is 17.5 Å². The molecule has 0 aliphatic rings. The van der Waals surface area contributed by atoms with Gasteiger partial charge in [-0.3, -0.25) is 20.2 Å². The number of esters is 1. The van der Waals surface area contributed by atoms with Gasteiger partial charge in [-0.2, -0.15) is 0 Å². The Labute approximate surface area is 153 Å². The highest BCUT2D eigenvalue weighted by atomic mass is 32.1. The number of aromatic nitrogens is 1. The van der Waals surface area contributed by atoms with Gasteiger partial charge in [0.1, 0.15) is 18.0 Å². The number of nitrogens with one attached hydrogen (secondary N) is 1. The lowest BCUT2D eigenvalue weighted by molar-refractivity contribution is -0.380. The van der Waals surface area contributed by atoms with Crippen LogP contribution < -0.4 is 15.8 Å². The van der Waals surface area contributed by atoms with Crippen molar-refractivity contribution in [2.45, 2.75) is 26.3 Å². The number of amides is 1. The molecule has 1 amide bonds. The number of carbonyl (C=O) groups is 2. The molecule has 26 heavy (non-hydrogen) atoms. The maximum atomic E-state index is 12.4. The van der Waals surface area contributed by atoms with Crippen molar-refractivity contribution in [3.63, 3.8) is 0 Å². The number of thiazole rings is 1. The van der Waals surface area contributed by atoms with Gasteiger partial charge in [0, 0.05) is 0 Å². The van der Waals surface area contributed by atoms with Gasteiger partial charge in [0.25, 0.3) is 5.91 Å². The summed E-state index contributed by atoms with van der Waals surface area (Å²) in [5, 5.41) is 13.0. The molecule has 0 fully saturated rings. The normalized spacial score (nSPS) is 12.9. The highest BCUT2D eigenvalue weighted by molar-refractivity contribution is 7.18. The molecule has 3 N–H and O–H groups in total. The van der Waals surface area contributed by atoms with Gasteiger partial charge in [0.05, 0.1) is 10.5 Å². The Balaban J connectivity index is 2.15. The fourth-order valence-corrected chi connectivity index (χ4v) is 2.61. The van der Waals surface area contributed by atoms with Gasteiger partial charge in [-0.05, 0) is 29.4 Å². The number of anilines is 1. The molecule has 1 aromatic carbocycles. The Hall–Kier alpha value is -2.85. The van der Waals surface area contributed by atoms with E-state index in [-0.39, 0.29) is 27.4 Å². The fourth-order valence-electron chi connectivity index (χ4n) is 1.98. The van der Waals surface area contributed by atoms with Crippen LogP contribution >= 0.6 is 11.3 Å². The van der Waals surface area contributed by atoms with Gasteiger partial charge in [-0.1, -0.05) is 32.4 Å². The lowest BCUT2D eigenvalue weighted by Crippen LogP contribution is -2.39. The number of rotatable bonds is 7. The zero-order chi connectivity index (χ0) is 19.3. The molecule has 0 saturated carbocycles. The van der Waals surface area contributed by atoms with Crippen LogP contribution in [-0.4, -0.2) is 27.8 Å². The van der Waals surface area contributed by atoms with Crippen molar-refractivity contribution < 1.29 is 19.2 Å². The van der Waals surface area contributed by atoms with Crippen LogP contribution in [0.5, 0.6) is 5.75 Å². The monoisotopic (exact) mass is 378 g/mol. The number of nitrogens with zero attached hydrogens (tertiary/aromatic N) is 2. The first-order chi connectivity index (χ1) is 12.3. The van der Waals surface area contributed by atoms with Crippen LogP contribution in [-0.2, 0) is 4.79 Å². The number of para-hydroxylation sites is 1. The number of carbonyl (C=O) groups excluding carboxylic acids is 2. The van der Waals surface area contributed by atoms with Crippen LogP contribution in [0.3, 0.4) is 0 Å². The van der Waals surface area contributed by atoms with Gasteiger partial charge < -0.3 is 10.5 Å². The summed E-state index contributed by atoms with van der Waals surface area (Å²) in [5.41, 5.74) is 5.95. The average Bonchev–Trinajstić information content (AvgIpc) is 3.09. The quantitative estimate of drug-likeness (QED) is 0.327. The molecule has 9 nitrogen and oxygen atoms in total. The van der Waals surface area contributed by atoms with E-state index in [1.165, 1.54) is 12.1 Å². The molecule has 0 aliphatic heterocycles. The summed E-state index contributed by atoms with van der Waals surface area (Å²) in [4.78, 5) is 38.4. The average molecular weight is 378 g/mol. The molecule has 1 aromatic heterocycles. The smallest absolute Gasteiger partial charge is 0.345 e. The van der Waals surface area contributed by atoms with Crippen LogP contribution in [0.25, 0.3) is 0 Å². The second-order valence-electron chi connectivity index (χ2n) is 5.54. The predicted octanol–water partition coefficient (Wildman–Crippen LogP) is 2.58. The molecule has 2 unspecified atom stereocenters. The van der Waals surface area contributed by atoms with Crippen molar-refractivity contribution in [3.05, 3.63) is 46.1 Å². The zero-order valence-electron chi connectivity index (χ0n) is 14.2. The molecule has 2 rings (SSSR count). The first-order valence-corrected chi connectivity index (χ1v) is 8.63. The second kappa shape index (κ2) is 8.50. The lowest BCUT2D eigenvalue weighted by atomic mass is 10.0. The van der Waals surface area contributed by atoms with E-state index in [9.17, 15) is 19.7 Å². The molecule has 0 bridgehead atoms. The number of nitro groups is 1. The highest BCUT2D eigenvalue weighted by Gasteiger charge is 2.24. The Morgan fingerprint density at radius 1 is 1.42 bits per heavy atom. The molecule has 1 heterocycles. The maximum Gasteiger partial charge on any atom is 0.345 e. The summed E-state index contributed by atoms with van der Waals surface area (Å²) in [5.74, 6) is -1.25. The number of benzene rings is 1. The Morgan fingerprint density at radius 3 is 2.73 bits per heavy atom.